The van der Waals surface area contributed by atoms with Gasteiger partial charge in [-0.05, 0) is 0 Å². The molecule has 0 spiro atoms. The van der Waals surface area contributed by atoms with Crippen LogP contribution in [0.3, 0.4) is 0 Å². The Hall–Kier alpha value is 1.49. The molecule has 22 valence electrons. The van der Waals surface area contributed by atoms with Gasteiger partial charge < -0.3 is 0 Å². The summed E-state index contributed by atoms with van der Waals surface area (Å²) in [5.74, 6) is 0. The van der Waals surface area contributed by atoms with E-state index < -0.39 is 0 Å². The van der Waals surface area contributed by atoms with E-state index in [-0.39, 0.29) is 35.6 Å². The molecule has 0 aromatic heterocycles. The van der Waals surface area contributed by atoms with Crippen LogP contribution in [-0.2, 0) is 37.8 Å². The Labute approximate surface area is 56.5 Å². The standard InChI is InChI=1S/Co.Li.O.V.H. The molecule has 1 radical (unpaired) electrons. The average molecular weight is 134 g/mol. The molecule has 0 aliphatic rings. The molecule has 0 fully saturated rings. The van der Waals surface area contributed by atoms with Crippen molar-refractivity contribution in [1.29, 1.82) is 0 Å². The van der Waals surface area contributed by atoms with Crippen LogP contribution in [0.4, 0.5) is 0 Å². The quantitative estimate of drug-likeness (QED) is 0.397. The van der Waals surface area contributed by atoms with E-state index in [0.717, 1.165) is 17.4 Å². The molecule has 0 aliphatic carbocycles. The summed E-state index contributed by atoms with van der Waals surface area (Å²) in [5.41, 5.74) is 0. The van der Waals surface area contributed by atoms with Gasteiger partial charge in [0.1, 0.15) is 0 Å². The molecule has 4 heavy (non-hydrogen) atoms. The second-order valence-corrected chi connectivity index (χ2v) is 0. The van der Waals surface area contributed by atoms with Gasteiger partial charge in [0.15, 0.2) is 0 Å². The van der Waals surface area contributed by atoms with E-state index in [1.54, 1.807) is 0 Å². The van der Waals surface area contributed by atoms with Gasteiger partial charge in [-0.15, -0.1) is 0 Å². The van der Waals surface area contributed by atoms with E-state index in [0.29, 0.717) is 0 Å². The third kappa shape index (κ3) is 9.75. The van der Waals surface area contributed by atoms with Gasteiger partial charge in [-0.2, -0.15) is 0 Å². The molecule has 0 amide bonds. The summed E-state index contributed by atoms with van der Waals surface area (Å²) in [6.07, 6.45) is 0. The summed E-state index contributed by atoms with van der Waals surface area (Å²) in [6.45, 7) is 0. The van der Waals surface area contributed by atoms with Crippen LogP contribution in [0.15, 0.2) is 0 Å². The molecule has 0 saturated heterocycles. The van der Waals surface area contributed by atoms with E-state index in [2.05, 4.69) is 0 Å². The van der Waals surface area contributed by atoms with Crippen LogP contribution in [0.1, 0.15) is 0 Å². The van der Waals surface area contributed by atoms with Crippen LogP contribution in [0.5, 0.6) is 0 Å². The summed E-state index contributed by atoms with van der Waals surface area (Å²) < 4.78 is 8.19. The first-order valence-corrected chi connectivity index (χ1v) is 0.753. The minimum absolute atomic E-state index is 0. The molecule has 0 aromatic carbocycles. The van der Waals surface area contributed by atoms with Crippen molar-refractivity contribution in [3.05, 3.63) is 0 Å². The molecule has 0 aromatic rings. The fourth-order valence-electron chi connectivity index (χ4n) is 0. The van der Waals surface area contributed by atoms with Crippen molar-refractivity contribution in [2.45, 2.75) is 0 Å². The fourth-order valence-corrected chi connectivity index (χ4v) is 0. The fraction of sp³-hybridized carbons (Fsp3) is 0. The van der Waals surface area contributed by atoms with Crippen LogP contribution in [0.2, 0.25) is 0 Å². The van der Waals surface area contributed by atoms with E-state index in [1.165, 1.54) is 0 Å². The Morgan fingerprint density at radius 3 is 1.25 bits per heavy atom. The zero-order chi connectivity index (χ0) is 2.00. The van der Waals surface area contributed by atoms with Gasteiger partial charge >= 0.3 is 39.9 Å². The summed E-state index contributed by atoms with van der Waals surface area (Å²) in [6, 6.07) is 0. The van der Waals surface area contributed by atoms with Crippen LogP contribution >= 0.6 is 0 Å². The van der Waals surface area contributed by atoms with Gasteiger partial charge in [-0.1, -0.05) is 0 Å². The first-order chi connectivity index (χ1) is 1.00. The third-order valence-electron chi connectivity index (χ3n) is 0. The predicted octanol–water partition coefficient (Wildman–Crippen LogP) is -0.772. The molecule has 0 atom stereocenters. The molecule has 0 bridgehead atoms. The maximum absolute atomic E-state index is 8.19. The van der Waals surface area contributed by atoms with Crippen molar-refractivity contribution in [3.63, 3.8) is 0 Å². The minimum atomic E-state index is 0. The van der Waals surface area contributed by atoms with Gasteiger partial charge in [-0.3, -0.25) is 0 Å². The molecule has 0 aliphatic heterocycles. The topological polar surface area (TPSA) is 17.1 Å². The van der Waals surface area contributed by atoms with Crippen LogP contribution in [0.25, 0.3) is 0 Å². The Balaban J connectivity index is -0.00000000500. The Kier molecular flexibility index (Phi) is 110. The van der Waals surface area contributed by atoms with E-state index in [4.69, 9.17) is 3.67 Å². The molecule has 0 saturated carbocycles. The van der Waals surface area contributed by atoms with Gasteiger partial charge in [0.25, 0.3) is 0 Å². The van der Waals surface area contributed by atoms with Crippen molar-refractivity contribution in [2.24, 2.45) is 0 Å². The molecule has 4 heteroatoms. The van der Waals surface area contributed by atoms with Crippen molar-refractivity contribution >= 4 is 18.9 Å². The summed E-state index contributed by atoms with van der Waals surface area (Å²) in [7, 11) is 0. The maximum atomic E-state index is 8.19. The average Bonchev–Trinajstić information content (AvgIpc) is 1.00. The molecular formula is HCoLiOV. The van der Waals surface area contributed by atoms with Crippen molar-refractivity contribution < 1.29 is 37.8 Å². The molecule has 0 heterocycles. The second-order valence-electron chi connectivity index (χ2n) is 0. The van der Waals surface area contributed by atoms with E-state index in [9.17, 15) is 0 Å². The van der Waals surface area contributed by atoms with Crippen LogP contribution in [-0.4, -0.2) is 18.9 Å². The monoisotopic (exact) mass is 134 g/mol. The first-order valence-electron chi connectivity index (χ1n) is 0.183. The van der Waals surface area contributed by atoms with Gasteiger partial charge in [0.05, 0.1) is 0 Å². The zero-order valence-corrected chi connectivity index (χ0v) is 3.63. The number of hydrogen-bond acceptors (Lipinski definition) is 1. The van der Waals surface area contributed by atoms with Gasteiger partial charge in [0, 0.05) is 16.8 Å². The summed E-state index contributed by atoms with van der Waals surface area (Å²) in [4.78, 5) is 0. The zero-order valence-electron chi connectivity index (χ0n) is 1.19. The Morgan fingerprint density at radius 1 is 1.25 bits per heavy atom. The normalized spacial score (nSPS) is 0.750. The summed E-state index contributed by atoms with van der Waals surface area (Å²) in [5, 5.41) is 0. The van der Waals surface area contributed by atoms with Gasteiger partial charge in [0.2, 0.25) is 0 Å². The first kappa shape index (κ1) is 17.9. The number of rotatable bonds is 0. The van der Waals surface area contributed by atoms with Crippen molar-refractivity contribution in [3.8, 4) is 0 Å². The molecule has 0 N–H and O–H groups in total. The number of hydrogen-bond donors (Lipinski definition) is 0. The Bertz CT molecular complexity index is 8.00. The van der Waals surface area contributed by atoms with E-state index in [1.807, 2.05) is 0 Å². The van der Waals surface area contributed by atoms with Gasteiger partial charge in [-0.25, -0.2) is 0 Å². The SMILES string of the molecule is [Co].[LiH].[O]=[V]. The third-order valence-corrected chi connectivity index (χ3v) is 0. The van der Waals surface area contributed by atoms with Crippen molar-refractivity contribution in [2.75, 3.05) is 0 Å². The van der Waals surface area contributed by atoms with Crippen LogP contribution in [0, 0.1) is 0 Å². The summed E-state index contributed by atoms with van der Waals surface area (Å²) >= 11 is 1.06. The van der Waals surface area contributed by atoms with E-state index >= 15 is 0 Å². The second kappa shape index (κ2) is 24.7. The molecule has 1 nitrogen and oxygen atoms in total. The molecular weight excluding hydrogens is 133 g/mol. The van der Waals surface area contributed by atoms with Crippen molar-refractivity contribution in [1.82, 2.24) is 0 Å². The Morgan fingerprint density at radius 2 is 1.25 bits per heavy atom. The predicted molar refractivity (Wildman–Crippen MR) is 7.84 cm³/mol. The molecule has 0 rings (SSSR count). The molecule has 0 unspecified atom stereocenters. The van der Waals surface area contributed by atoms with Crippen LogP contribution < -0.4 is 0 Å².